The van der Waals surface area contributed by atoms with E-state index in [1.54, 1.807) is 37.3 Å². The zero-order valence-electron chi connectivity index (χ0n) is 8.84. The van der Waals surface area contributed by atoms with Gasteiger partial charge in [0.15, 0.2) is 0 Å². The summed E-state index contributed by atoms with van der Waals surface area (Å²) in [7, 11) is 0. The molecular formula is C12H14O3. The van der Waals surface area contributed by atoms with Gasteiger partial charge in [-0.05, 0) is 32.1 Å². The molecule has 0 aliphatic rings. The van der Waals surface area contributed by atoms with E-state index in [2.05, 4.69) is 0 Å². The number of benzene rings is 1. The Morgan fingerprint density at radius 2 is 2.00 bits per heavy atom. The Labute approximate surface area is 89.3 Å². The summed E-state index contributed by atoms with van der Waals surface area (Å²) in [5, 5.41) is 0. The minimum Gasteiger partial charge on any atom is -0.427 e. The summed E-state index contributed by atoms with van der Waals surface area (Å²) < 4.78 is 9.88. The van der Waals surface area contributed by atoms with Gasteiger partial charge in [0.2, 0.25) is 0 Å². The number of allylic oxidation sites excluding steroid dienone is 1. The van der Waals surface area contributed by atoms with Crippen molar-refractivity contribution < 1.29 is 14.3 Å². The van der Waals surface area contributed by atoms with E-state index >= 15 is 0 Å². The fourth-order valence-electron chi connectivity index (χ4n) is 1.07. The highest BCUT2D eigenvalue weighted by molar-refractivity contribution is 5.64. The molecule has 0 amide bonds. The van der Waals surface area contributed by atoms with Crippen LogP contribution >= 0.6 is 0 Å². The van der Waals surface area contributed by atoms with Crippen LogP contribution in [0.1, 0.15) is 13.8 Å². The largest absolute Gasteiger partial charge is 0.514 e. The maximum absolute atomic E-state index is 11.2. The zero-order valence-corrected chi connectivity index (χ0v) is 8.84. The quantitative estimate of drug-likeness (QED) is 0.433. The summed E-state index contributed by atoms with van der Waals surface area (Å²) in [6.45, 7) is 3.63. The van der Waals surface area contributed by atoms with Crippen LogP contribution < -0.4 is 4.74 Å². The average Bonchev–Trinajstić information content (AvgIpc) is 2.19. The van der Waals surface area contributed by atoms with E-state index < -0.39 is 6.16 Å². The van der Waals surface area contributed by atoms with Crippen molar-refractivity contribution in [2.24, 2.45) is 0 Å². The van der Waals surface area contributed by atoms with Gasteiger partial charge in [0.25, 0.3) is 0 Å². The summed E-state index contributed by atoms with van der Waals surface area (Å²) in [6.07, 6.45) is 2.63. The SMILES string of the molecule is C/C=C/C(C)OC(=O)Oc1ccccc1. The number of para-hydroxylation sites is 1. The highest BCUT2D eigenvalue weighted by atomic mass is 16.7. The minimum absolute atomic E-state index is 0.272. The number of carbonyl (C=O) groups is 1. The summed E-state index contributed by atoms with van der Waals surface area (Å²) in [5.74, 6) is 0.482. The molecule has 80 valence electrons. The molecule has 0 spiro atoms. The second-order valence-electron chi connectivity index (χ2n) is 3.01. The molecule has 0 aliphatic carbocycles. The van der Waals surface area contributed by atoms with Gasteiger partial charge in [-0.15, -0.1) is 0 Å². The zero-order chi connectivity index (χ0) is 11.1. The van der Waals surface area contributed by atoms with E-state index in [1.807, 2.05) is 19.1 Å². The average molecular weight is 206 g/mol. The van der Waals surface area contributed by atoms with Gasteiger partial charge in [0.1, 0.15) is 11.9 Å². The molecule has 0 heterocycles. The summed E-state index contributed by atoms with van der Waals surface area (Å²) in [5.41, 5.74) is 0. The van der Waals surface area contributed by atoms with Crippen LogP contribution in [0.4, 0.5) is 4.79 Å². The maximum Gasteiger partial charge on any atom is 0.514 e. The number of hydrogen-bond acceptors (Lipinski definition) is 3. The van der Waals surface area contributed by atoms with E-state index in [1.165, 1.54) is 0 Å². The predicted octanol–water partition coefficient (Wildman–Crippen LogP) is 3.17. The Bertz CT molecular complexity index is 330. The molecular weight excluding hydrogens is 192 g/mol. The van der Waals surface area contributed by atoms with Gasteiger partial charge >= 0.3 is 6.16 Å². The first-order valence-corrected chi connectivity index (χ1v) is 4.78. The van der Waals surface area contributed by atoms with Gasteiger partial charge in [0, 0.05) is 0 Å². The second kappa shape index (κ2) is 5.86. The number of rotatable bonds is 3. The highest BCUT2D eigenvalue weighted by Gasteiger charge is 2.08. The monoisotopic (exact) mass is 206 g/mol. The topological polar surface area (TPSA) is 35.5 Å². The Balaban J connectivity index is 2.43. The molecule has 1 aromatic rings. The van der Waals surface area contributed by atoms with Crippen LogP contribution in [0, 0.1) is 0 Å². The molecule has 1 unspecified atom stereocenters. The molecule has 0 aliphatic heterocycles. The maximum atomic E-state index is 11.2. The van der Waals surface area contributed by atoms with Crippen LogP contribution in [0.3, 0.4) is 0 Å². The Hall–Kier alpha value is -1.77. The van der Waals surface area contributed by atoms with Crippen molar-refractivity contribution in [2.45, 2.75) is 20.0 Å². The molecule has 0 N–H and O–H groups in total. The molecule has 3 heteroatoms. The number of carbonyl (C=O) groups excluding carboxylic acids is 1. The Morgan fingerprint density at radius 1 is 1.33 bits per heavy atom. The molecule has 0 aromatic heterocycles. The molecule has 3 nitrogen and oxygen atoms in total. The Kier molecular flexibility index (Phi) is 4.41. The first-order valence-electron chi connectivity index (χ1n) is 4.78. The third-order valence-corrected chi connectivity index (χ3v) is 1.69. The predicted molar refractivity (Wildman–Crippen MR) is 57.8 cm³/mol. The molecule has 0 saturated carbocycles. The fourth-order valence-corrected chi connectivity index (χ4v) is 1.07. The van der Waals surface area contributed by atoms with Gasteiger partial charge < -0.3 is 9.47 Å². The lowest BCUT2D eigenvalue weighted by molar-refractivity contribution is 0.0823. The van der Waals surface area contributed by atoms with Crippen LogP contribution in [0.25, 0.3) is 0 Å². The van der Waals surface area contributed by atoms with Crippen LogP contribution in [0.5, 0.6) is 5.75 Å². The van der Waals surface area contributed by atoms with E-state index in [9.17, 15) is 4.79 Å². The lowest BCUT2D eigenvalue weighted by atomic mass is 10.3. The van der Waals surface area contributed by atoms with Gasteiger partial charge in [-0.1, -0.05) is 24.3 Å². The van der Waals surface area contributed by atoms with Crippen molar-refractivity contribution in [1.82, 2.24) is 0 Å². The van der Waals surface area contributed by atoms with Gasteiger partial charge in [-0.2, -0.15) is 0 Å². The standard InChI is InChI=1S/C12H14O3/c1-3-7-10(2)14-12(13)15-11-8-5-4-6-9-11/h3-10H,1-2H3/b7-3+. The summed E-state index contributed by atoms with van der Waals surface area (Å²) >= 11 is 0. The van der Waals surface area contributed by atoms with Crippen molar-refractivity contribution in [3.63, 3.8) is 0 Å². The molecule has 0 bridgehead atoms. The minimum atomic E-state index is -0.688. The second-order valence-corrected chi connectivity index (χ2v) is 3.01. The van der Waals surface area contributed by atoms with Crippen molar-refractivity contribution in [1.29, 1.82) is 0 Å². The molecule has 1 rings (SSSR count). The third kappa shape index (κ3) is 4.31. The highest BCUT2D eigenvalue weighted by Crippen LogP contribution is 2.09. The van der Waals surface area contributed by atoms with E-state index in [-0.39, 0.29) is 6.10 Å². The Morgan fingerprint density at radius 3 is 2.60 bits per heavy atom. The van der Waals surface area contributed by atoms with Crippen molar-refractivity contribution >= 4 is 6.16 Å². The summed E-state index contributed by atoms with van der Waals surface area (Å²) in [4.78, 5) is 11.2. The van der Waals surface area contributed by atoms with Crippen molar-refractivity contribution in [3.05, 3.63) is 42.5 Å². The molecule has 15 heavy (non-hydrogen) atoms. The van der Waals surface area contributed by atoms with Gasteiger partial charge in [0.05, 0.1) is 0 Å². The van der Waals surface area contributed by atoms with Crippen LogP contribution in [0.15, 0.2) is 42.5 Å². The molecule has 1 aromatic carbocycles. The molecule has 1 atom stereocenters. The number of ether oxygens (including phenoxy) is 2. The normalized spacial score (nSPS) is 12.4. The first-order chi connectivity index (χ1) is 7.22. The van der Waals surface area contributed by atoms with Gasteiger partial charge in [-0.25, -0.2) is 4.79 Å². The van der Waals surface area contributed by atoms with Crippen molar-refractivity contribution in [2.75, 3.05) is 0 Å². The fraction of sp³-hybridized carbons (Fsp3) is 0.250. The van der Waals surface area contributed by atoms with Crippen molar-refractivity contribution in [3.8, 4) is 5.75 Å². The van der Waals surface area contributed by atoms with E-state index in [0.717, 1.165) is 0 Å². The smallest absolute Gasteiger partial charge is 0.427 e. The number of hydrogen-bond donors (Lipinski definition) is 0. The van der Waals surface area contributed by atoms with E-state index in [4.69, 9.17) is 9.47 Å². The molecule has 0 fully saturated rings. The van der Waals surface area contributed by atoms with Crippen LogP contribution in [-0.2, 0) is 4.74 Å². The lowest BCUT2D eigenvalue weighted by Crippen LogP contribution is -2.16. The van der Waals surface area contributed by atoms with Gasteiger partial charge in [-0.3, -0.25) is 0 Å². The van der Waals surface area contributed by atoms with Crippen LogP contribution in [-0.4, -0.2) is 12.3 Å². The van der Waals surface area contributed by atoms with E-state index in [0.29, 0.717) is 5.75 Å². The molecule has 0 radical (unpaired) electrons. The molecule has 0 saturated heterocycles. The first kappa shape index (κ1) is 11.3. The lowest BCUT2D eigenvalue weighted by Gasteiger charge is -2.08. The van der Waals surface area contributed by atoms with Crippen LogP contribution in [0.2, 0.25) is 0 Å². The third-order valence-electron chi connectivity index (χ3n) is 1.69. The summed E-state index contributed by atoms with van der Waals surface area (Å²) in [6, 6.07) is 8.82.